The van der Waals surface area contributed by atoms with Gasteiger partial charge >= 0.3 is 0 Å². The van der Waals surface area contributed by atoms with Crippen molar-refractivity contribution in [2.75, 3.05) is 0 Å². The van der Waals surface area contributed by atoms with Crippen LogP contribution in [0.4, 0.5) is 8.78 Å². The standard InChI is InChI=1S/C5H6F2O/c6-5(7)4-2-1-3-8-4/h1,3-5H,2H2. The molecule has 1 unspecified atom stereocenters. The van der Waals surface area contributed by atoms with Gasteiger partial charge in [0, 0.05) is 6.42 Å². The van der Waals surface area contributed by atoms with Crippen molar-refractivity contribution in [3.63, 3.8) is 0 Å². The molecule has 1 aliphatic rings. The fourth-order valence-electron chi connectivity index (χ4n) is 0.564. The van der Waals surface area contributed by atoms with Crippen molar-refractivity contribution in [1.82, 2.24) is 0 Å². The number of hydrogen-bond donors (Lipinski definition) is 0. The van der Waals surface area contributed by atoms with Crippen molar-refractivity contribution >= 4 is 0 Å². The Morgan fingerprint density at radius 3 is 2.62 bits per heavy atom. The SMILES string of the molecule is FC(F)C1CC=CO1. The van der Waals surface area contributed by atoms with Crippen LogP contribution in [0.2, 0.25) is 0 Å². The zero-order chi connectivity index (χ0) is 5.98. The van der Waals surface area contributed by atoms with E-state index in [4.69, 9.17) is 0 Å². The highest BCUT2D eigenvalue weighted by Gasteiger charge is 2.21. The molecule has 0 spiro atoms. The molecule has 1 atom stereocenters. The lowest BCUT2D eigenvalue weighted by Crippen LogP contribution is -2.15. The summed E-state index contributed by atoms with van der Waals surface area (Å²) in [5.74, 6) is 0. The maximum absolute atomic E-state index is 11.6. The maximum Gasteiger partial charge on any atom is 0.275 e. The summed E-state index contributed by atoms with van der Waals surface area (Å²) in [4.78, 5) is 0. The Bertz CT molecular complexity index is 92.6. The van der Waals surface area contributed by atoms with Crippen molar-refractivity contribution in [1.29, 1.82) is 0 Å². The van der Waals surface area contributed by atoms with Crippen molar-refractivity contribution in [3.8, 4) is 0 Å². The predicted molar refractivity (Wildman–Crippen MR) is 24.6 cm³/mol. The van der Waals surface area contributed by atoms with E-state index in [9.17, 15) is 8.78 Å². The van der Waals surface area contributed by atoms with E-state index in [0.29, 0.717) is 6.42 Å². The van der Waals surface area contributed by atoms with Gasteiger partial charge in [-0.15, -0.1) is 0 Å². The molecule has 0 saturated heterocycles. The van der Waals surface area contributed by atoms with Crippen LogP contribution in [0.1, 0.15) is 6.42 Å². The van der Waals surface area contributed by atoms with Gasteiger partial charge in [-0.25, -0.2) is 8.78 Å². The summed E-state index contributed by atoms with van der Waals surface area (Å²) in [6.07, 6.45) is 0.0331. The third kappa shape index (κ3) is 0.967. The van der Waals surface area contributed by atoms with E-state index in [-0.39, 0.29) is 0 Å². The van der Waals surface area contributed by atoms with Gasteiger partial charge < -0.3 is 4.74 Å². The van der Waals surface area contributed by atoms with Crippen LogP contribution in [-0.2, 0) is 4.74 Å². The predicted octanol–water partition coefficient (Wildman–Crippen LogP) is 1.55. The van der Waals surface area contributed by atoms with Gasteiger partial charge in [0.1, 0.15) is 0 Å². The van der Waals surface area contributed by atoms with E-state index in [0.717, 1.165) is 0 Å². The van der Waals surface area contributed by atoms with E-state index >= 15 is 0 Å². The van der Waals surface area contributed by atoms with Crippen LogP contribution in [-0.4, -0.2) is 12.5 Å². The molecule has 0 fully saturated rings. The molecule has 0 aliphatic carbocycles. The highest BCUT2D eigenvalue weighted by Crippen LogP contribution is 2.15. The van der Waals surface area contributed by atoms with Crippen molar-refractivity contribution in [2.24, 2.45) is 0 Å². The highest BCUT2D eigenvalue weighted by molar-refractivity contribution is 4.87. The van der Waals surface area contributed by atoms with Crippen LogP contribution in [0.3, 0.4) is 0 Å². The summed E-state index contributed by atoms with van der Waals surface area (Å²) in [5, 5.41) is 0. The van der Waals surface area contributed by atoms with Crippen LogP contribution < -0.4 is 0 Å². The Hall–Kier alpha value is -0.600. The third-order valence-corrected chi connectivity index (χ3v) is 0.999. The molecule has 0 radical (unpaired) electrons. The summed E-state index contributed by atoms with van der Waals surface area (Å²) < 4.78 is 27.6. The maximum atomic E-state index is 11.6. The minimum atomic E-state index is -2.34. The van der Waals surface area contributed by atoms with Crippen molar-refractivity contribution in [2.45, 2.75) is 19.0 Å². The molecule has 1 rings (SSSR count). The first-order valence-electron chi connectivity index (χ1n) is 2.39. The highest BCUT2D eigenvalue weighted by atomic mass is 19.3. The fourth-order valence-corrected chi connectivity index (χ4v) is 0.564. The van der Waals surface area contributed by atoms with E-state index in [1.54, 1.807) is 6.08 Å². The molecule has 0 amide bonds. The Morgan fingerprint density at radius 1 is 1.62 bits per heavy atom. The molecule has 0 saturated carbocycles. The first-order chi connectivity index (χ1) is 3.80. The Labute approximate surface area is 45.9 Å². The van der Waals surface area contributed by atoms with Gasteiger partial charge in [-0.05, 0) is 6.08 Å². The number of rotatable bonds is 1. The molecule has 1 heterocycles. The lowest BCUT2D eigenvalue weighted by molar-refractivity contribution is -0.0000784. The van der Waals surface area contributed by atoms with E-state index < -0.39 is 12.5 Å². The molecular formula is C5H6F2O. The Morgan fingerprint density at radius 2 is 2.38 bits per heavy atom. The second-order valence-corrected chi connectivity index (χ2v) is 1.62. The first kappa shape index (κ1) is 5.54. The minimum absolute atomic E-state index is 0.345. The molecule has 0 aromatic heterocycles. The van der Waals surface area contributed by atoms with Gasteiger partial charge in [0.05, 0.1) is 6.26 Å². The first-order valence-corrected chi connectivity index (χ1v) is 2.39. The lowest BCUT2D eigenvalue weighted by atomic mass is 10.3. The summed E-state index contributed by atoms with van der Waals surface area (Å²) in [6.45, 7) is 0. The Kier molecular flexibility index (Phi) is 1.46. The Balaban J connectivity index is 2.29. The van der Waals surface area contributed by atoms with Crippen LogP contribution in [0.5, 0.6) is 0 Å². The van der Waals surface area contributed by atoms with Gasteiger partial charge in [-0.3, -0.25) is 0 Å². The second kappa shape index (κ2) is 2.11. The minimum Gasteiger partial charge on any atom is -0.492 e. The van der Waals surface area contributed by atoms with Crippen LogP contribution in [0, 0.1) is 0 Å². The summed E-state index contributed by atoms with van der Waals surface area (Å²) >= 11 is 0. The average molecular weight is 120 g/mol. The number of ether oxygens (including phenoxy) is 1. The second-order valence-electron chi connectivity index (χ2n) is 1.62. The van der Waals surface area contributed by atoms with Crippen LogP contribution >= 0.6 is 0 Å². The monoisotopic (exact) mass is 120 g/mol. The summed E-state index contributed by atoms with van der Waals surface area (Å²) in [6, 6.07) is 0. The zero-order valence-corrected chi connectivity index (χ0v) is 4.18. The molecule has 3 heteroatoms. The van der Waals surface area contributed by atoms with Gasteiger partial charge in [-0.1, -0.05) is 0 Å². The normalized spacial score (nSPS) is 26.6. The van der Waals surface area contributed by atoms with Crippen molar-refractivity contribution < 1.29 is 13.5 Å². The van der Waals surface area contributed by atoms with Gasteiger partial charge in [0.25, 0.3) is 6.43 Å². The molecule has 1 aliphatic heterocycles. The van der Waals surface area contributed by atoms with Gasteiger partial charge in [-0.2, -0.15) is 0 Å². The topological polar surface area (TPSA) is 9.23 Å². The van der Waals surface area contributed by atoms with Gasteiger partial charge in [0.15, 0.2) is 6.10 Å². The van der Waals surface area contributed by atoms with Crippen molar-refractivity contribution in [3.05, 3.63) is 12.3 Å². The molecule has 0 aromatic carbocycles. The smallest absolute Gasteiger partial charge is 0.275 e. The van der Waals surface area contributed by atoms with E-state index in [1.165, 1.54) is 6.26 Å². The van der Waals surface area contributed by atoms with Gasteiger partial charge in [0.2, 0.25) is 0 Å². The fraction of sp³-hybridized carbons (Fsp3) is 0.600. The number of halogens is 2. The summed E-state index contributed by atoms with van der Waals surface area (Å²) in [5.41, 5.74) is 0. The molecule has 0 N–H and O–H groups in total. The van der Waals surface area contributed by atoms with E-state index in [1.807, 2.05) is 0 Å². The average Bonchev–Trinajstić information content (AvgIpc) is 2.12. The van der Waals surface area contributed by atoms with E-state index in [2.05, 4.69) is 4.74 Å². The summed E-state index contributed by atoms with van der Waals surface area (Å²) in [7, 11) is 0. The number of hydrogen-bond acceptors (Lipinski definition) is 1. The molecule has 0 bridgehead atoms. The molecular weight excluding hydrogens is 114 g/mol. The van der Waals surface area contributed by atoms with Crippen LogP contribution in [0.15, 0.2) is 12.3 Å². The lowest BCUT2D eigenvalue weighted by Gasteiger charge is -2.06. The van der Waals surface area contributed by atoms with Crippen LogP contribution in [0.25, 0.3) is 0 Å². The molecule has 0 aromatic rings. The molecule has 46 valence electrons. The third-order valence-electron chi connectivity index (χ3n) is 0.999. The quantitative estimate of drug-likeness (QED) is 0.510. The molecule has 1 nitrogen and oxygen atoms in total. The zero-order valence-electron chi connectivity index (χ0n) is 4.18. The molecule has 8 heavy (non-hydrogen) atoms. The largest absolute Gasteiger partial charge is 0.492 e. The number of alkyl halides is 2.